The number of benzene rings is 2. The molecular formula is C19H23NO. The van der Waals surface area contributed by atoms with Gasteiger partial charge in [-0.3, -0.25) is 4.79 Å². The van der Waals surface area contributed by atoms with Gasteiger partial charge in [-0.2, -0.15) is 0 Å². The summed E-state index contributed by atoms with van der Waals surface area (Å²) in [6.45, 7) is 5.31. The van der Waals surface area contributed by atoms with Crippen LogP contribution in [0.4, 0.5) is 5.69 Å². The molecule has 0 aliphatic rings. The Morgan fingerprint density at radius 3 is 2.05 bits per heavy atom. The Kier molecular flexibility index (Phi) is 5.15. The Hall–Kier alpha value is -2.09. The first-order chi connectivity index (χ1) is 10.1. The number of carbonyl (C=O) groups is 1. The Morgan fingerprint density at radius 2 is 1.52 bits per heavy atom. The van der Waals surface area contributed by atoms with Gasteiger partial charge in [-0.25, -0.2) is 0 Å². The topological polar surface area (TPSA) is 20.3 Å². The van der Waals surface area contributed by atoms with Crippen LogP contribution in [0.15, 0.2) is 48.5 Å². The van der Waals surface area contributed by atoms with Gasteiger partial charge in [-0.1, -0.05) is 50.2 Å². The number of rotatable bonds is 6. The molecule has 0 radical (unpaired) electrons. The third-order valence-corrected chi connectivity index (χ3v) is 3.56. The van der Waals surface area contributed by atoms with E-state index >= 15 is 0 Å². The van der Waals surface area contributed by atoms with Gasteiger partial charge in [-0.05, 0) is 35.6 Å². The van der Waals surface area contributed by atoms with Crippen molar-refractivity contribution in [3.05, 3.63) is 65.2 Å². The zero-order valence-electron chi connectivity index (χ0n) is 13.0. The molecule has 2 aromatic carbocycles. The van der Waals surface area contributed by atoms with E-state index in [0.717, 1.165) is 24.8 Å². The lowest BCUT2D eigenvalue weighted by Gasteiger charge is -2.20. The van der Waals surface area contributed by atoms with Crippen LogP contribution in [-0.2, 0) is 13.0 Å². The molecule has 110 valence electrons. The van der Waals surface area contributed by atoms with Crippen LogP contribution in [0, 0.1) is 5.92 Å². The van der Waals surface area contributed by atoms with Gasteiger partial charge in [0.1, 0.15) is 6.29 Å². The molecule has 0 saturated heterocycles. The van der Waals surface area contributed by atoms with Gasteiger partial charge in [-0.15, -0.1) is 0 Å². The Bertz CT molecular complexity index is 570. The summed E-state index contributed by atoms with van der Waals surface area (Å²) < 4.78 is 0. The van der Waals surface area contributed by atoms with Crippen molar-refractivity contribution in [3.63, 3.8) is 0 Å². The summed E-state index contributed by atoms with van der Waals surface area (Å²) >= 11 is 0. The molecule has 0 unspecified atom stereocenters. The highest BCUT2D eigenvalue weighted by Crippen LogP contribution is 2.18. The fourth-order valence-corrected chi connectivity index (χ4v) is 2.42. The van der Waals surface area contributed by atoms with Crippen molar-refractivity contribution < 1.29 is 4.79 Å². The fraction of sp³-hybridized carbons (Fsp3) is 0.316. The summed E-state index contributed by atoms with van der Waals surface area (Å²) in [6.07, 6.45) is 2.00. The monoisotopic (exact) mass is 281 g/mol. The zero-order valence-corrected chi connectivity index (χ0v) is 13.0. The van der Waals surface area contributed by atoms with Crippen LogP contribution in [0.5, 0.6) is 0 Å². The normalized spacial score (nSPS) is 10.7. The van der Waals surface area contributed by atoms with Crippen LogP contribution < -0.4 is 4.90 Å². The van der Waals surface area contributed by atoms with E-state index < -0.39 is 0 Å². The first kappa shape index (κ1) is 15.3. The van der Waals surface area contributed by atoms with Crippen LogP contribution in [0.3, 0.4) is 0 Å². The Morgan fingerprint density at radius 1 is 0.952 bits per heavy atom. The van der Waals surface area contributed by atoms with E-state index in [1.807, 2.05) is 24.3 Å². The summed E-state index contributed by atoms with van der Waals surface area (Å²) in [7, 11) is 2.09. The van der Waals surface area contributed by atoms with Gasteiger partial charge in [0.25, 0.3) is 0 Å². The Labute approximate surface area is 127 Å². The molecule has 0 spiro atoms. The van der Waals surface area contributed by atoms with Crippen LogP contribution in [-0.4, -0.2) is 13.3 Å². The lowest BCUT2D eigenvalue weighted by atomic mass is 10.0. The molecule has 2 rings (SSSR count). The molecular weight excluding hydrogens is 258 g/mol. The van der Waals surface area contributed by atoms with E-state index in [-0.39, 0.29) is 0 Å². The molecule has 2 heteroatoms. The number of anilines is 1. The van der Waals surface area contributed by atoms with Crippen molar-refractivity contribution >= 4 is 12.0 Å². The summed E-state index contributed by atoms with van der Waals surface area (Å²) in [5.41, 5.74) is 4.52. The highest BCUT2D eigenvalue weighted by molar-refractivity contribution is 5.74. The minimum absolute atomic E-state index is 0.685. The average Bonchev–Trinajstić information content (AvgIpc) is 2.48. The maximum atomic E-state index is 10.7. The molecule has 0 saturated carbocycles. The van der Waals surface area contributed by atoms with Crippen molar-refractivity contribution in [1.82, 2.24) is 0 Å². The third kappa shape index (κ3) is 4.45. The van der Waals surface area contributed by atoms with Gasteiger partial charge in [0, 0.05) is 24.8 Å². The van der Waals surface area contributed by atoms with E-state index in [1.54, 1.807) is 0 Å². The predicted octanol–water partition coefficient (Wildman–Crippen LogP) is 4.33. The second-order valence-electron chi connectivity index (χ2n) is 5.98. The van der Waals surface area contributed by atoms with E-state index in [9.17, 15) is 4.79 Å². The predicted molar refractivity (Wildman–Crippen MR) is 88.9 cm³/mol. The Balaban J connectivity index is 2.01. The van der Waals surface area contributed by atoms with Gasteiger partial charge in [0.15, 0.2) is 0 Å². The molecule has 21 heavy (non-hydrogen) atoms. The maximum Gasteiger partial charge on any atom is 0.150 e. The zero-order chi connectivity index (χ0) is 15.2. The summed E-state index contributed by atoms with van der Waals surface area (Å²) in [5, 5.41) is 0. The van der Waals surface area contributed by atoms with E-state index in [1.165, 1.54) is 16.8 Å². The second-order valence-corrected chi connectivity index (χ2v) is 5.98. The SMILES string of the molecule is CC(C)Cc1ccc(N(C)Cc2ccc(C=O)cc2)cc1. The standard InChI is InChI=1S/C19H23NO/c1-15(2)12-16-8-10-19(11-9-16)20(3)13-17-4-6-18(14-21)7-5-17/h4-11,14-15H,12-13H2,1-3H3. The molecule has 0 amide bonds. The molecule has 0 fully saturated rings. The lowest BCUT2D eigenvalue weighted by molar-refractivity contribution is 0.112. The van der Waals surface area contributed by atoms with Gasteiger partial charge < -0.3 is 4.90 Å². The summed E-state index contributed by atoms with van der Waals surface area (Å²) in [4.78, 5) is 12.9. The van der Waals surface area contributed by atoms with Crippen molar-refractivity contribution in [3.8, 4) is 0 Å². The molecule has 0 aliphatic carbocycles. The van der Waals surface area contributed by atoms with E-state index in [2.05, 4.69) is 50.1 Å². The summed E-state index contributed by atoms with van der Waals surface area (Å²) in [5.74, 6) is 0.685. The number of carbonyl (C=O) groups excluding carboxylic acids is 1. The molecule has 2 aromatic rings. The van der Waals surface area contributed by atoms with Gasteiger partial charge in [0.05, 0.1) is 0 Å². The van der Waals surface area contributed by atoms with Crippen LogP contribution in [0.2, 0.25) is 0 Å². The second kappa shape index (κ2) is 7.07. The van der Waals surface area contributed by atoms with Crippen molar-refractivity contribution in [2.75, 3.05) is 11.9 Å². The van der Waals surface area contributed by atoms with Gasteiger partial charge in [0.2, 0.25) is 0 Å². The number of aldehydes is 1. The number of hydrogen-bond acceptors (Lipinski definition) is 2. The highest BCUT2D eigenvalue weighted by Gasteiger charge is 2.03. The first-order valence-electron chi connectivity index (χ1n) is 7.42. The first-order valence-corrected chi connectivity index (χ1v) is 7.42. The molecule has 2 nitrogen and oxygen atoms in total. The van der Waals surface area contributed by atoms with Crippen LogP contribution in [0.1, 0.15) is 35.3 Å². The van der Waals surface area contributed by atoms with Crippen LogP contribution >= 0.6 is 0 Å². The molecule has 0 atom stereocenters. The minimum Gasteiger partial charge on any atom is -0.370 e. The largest absolute Gasteiger partial charge is 0.370 e. The fourth-order valence-electron chi connectivity index (χ4n) is 2.42. The number of hydrogen-bond donors (Lipinski definition) is 0. The van der Waals surface area contributed by atoms with Crippen LogP contribution in [0.25, 0.3) is 0 Å². The van der Waals surface area contributed by atoms with E-state index in [4.69, 9.17) is 0 Å². The average molecular weight is 281 g/mol. The molecule has 0 N–H and O–H groups in total. The maximum absolute atomic E-state index is 10.7. The molecule has 0 aromatic heterocycles. The molecule has 0 heterocycles. The van der Waals surface area contributed by atoms with Crippen molar-refractivity contribution in [1.29, 1.82) is 0 Å². The number of nitrogens with zero attached hydrogens (tertiary/aromatic N) is 1. The lowest BCUT2D eigenvalue weighted by Crippen LogP contribution is -2.16. The smallest absolute Gasteiger partial charge is 0.150 e. The van der Waals surface area contributed by atoms with Crippen molar-refractivity contribution in [2.24, 2.45) is 5.92 Å². The van der Waals surface area contributed by atoms with Crippen molar-refractivity contribution in [2.45, 2.75) is 26.8 Å². The van der Waals surface area contributed by atoms with Gasteiger partial charge >= 0.3 is 0 Å². The third-order valence-electron chi connectivity index (χ3n) is 3.56. The van der Waals surface area contributed by atoms with E-state index in [0.29, 0.717) is 5.92 Å². The quantitative estimate of drug-likeness (QED) is 0.734. The minimum atomic E-state index is 0.685. The highest BCUT2D eigenvalue weighted by atomic mass is 16.1. The summed E-state index contributed by atoms with van der Waals surface area (Å²) in [6, 6.07) is 16.5. The molecule has 0 aliphatic heterocycles. The molecule has 0 bridgehead atoms.